The van der Waals surface area contributed by atoms with Crippen molar-refractivity contribution in [2.24, 2.45) is 0 Å². The molecule has 8 aromatic rings. The number of anilines is 3. The Hall–Kier alpha value is -5.86. The van der Waals surface area contributed by atoms with Crippen LogP contribution in [0.4, 0.5) is 17.1 Å². The van der Waals surface area contributed by atoms with Crippen LogP contribution in [0.3, 0.4) is 0 Å². The molecule has 1 nitrogen and oxygen atoms in total. The van der Waals surface area contributed by atoms with E-state index in [-0.39, 0.29) is 37.9 Å². The minimum atomic E-state index is -0.0579. The van der Waals surface area contributed by atoms with Crippen molar-refractivity contribution in [3.05, 3.63) is 193 Å². The molecule has 0 saturated heterocycles. The molecule has 0 unspecified atom stereocenters. The van der Waals surface area contributed by atoms with Crippen LogP contribution >= 0.6 is 0 Å². The molecule has 0 aromatic heterocycles. The molecule has 0 aliphatic carbocycles. The topological polar surface area (TPSA) is 3.24 Å². The molecule has 2 heterocycles. The Kier molecular flexibility index (Phi) is 10.1. The summed E-state index contributed by atoms with van der Waals surface area (Å²) in [7, 11) is 0. The monoisotopic (exact) mass is 881 g/mol. The molecule has 310 valence electrons. The van der Waals surface area contributed by atoms with E-state index in [1.165, 1.54) is 104 Å². The summed E-state index contributed by atoms with van der Waals surface area (Å²) in [6, 6.07) is 66.9. The molecular formula is C60H56BNSe. The molecular weight excluding hydrogens is 824 g/mol. The number of hydrogen-bond acceptors (Lipinski definition) is 1. The second-order valence-corrected chi connectivity index (χ2v) is 22.9. The van der Waals surface area contributed by atoms with Gasteiger partial charge >= 0.3 is 385 Å². The van der Waals surface area contributed by atoms with Crippen LogP contribution < -0.4 is 30.2 Å². The van der Waals surface area contributed by atoms with Gasteiger partial charge < -0.3 is 0 Å². The number of rotatable bonds is 5. The number of para-hydroxylation sites is 1. The number of benzene rings is 8. The van der Waals surface area contributed by atoms with Crippen LogP contribution in [0, 0.1) is 0 Å². The number of hydrogen-bond donors (Lipinski definition) is 0. The van der Waals surface area contributed by atoms with Gasteiger partial charge in [-0.05, 0) is 0 Å². The molecule has 2 aliphatic rings. The summed E-state index contributed by atoms with van der Waals surface area (Å²) < 4.78 is 3.00. The summed E-state index contributed by atoms with van der Waals surface area (Å²) in [5, 5.41) is 0. The Labute approximate surface area is 382 Å². The fraction of sp³-hybridized carbons (Fsp3) is 0.200. The normalized spacial score (nSPS) is 13.3. The Morgan fingerprint density at radius 3 is 1.35 bits per heavy atom. The summed E-state index contributed by atoms with van der Waals surface area (Å²) in [5.74, 6) is 0. The predicted octanol–water partition coefficient (Wildman–Crippen LogP) is 12.5. The third kappa shape index (κ3) is 7.30. The van der Waals surface area contributed by atoms with Gasteiger partial charge in [-0.2, -0.15) is 0 Å². The molecule has 0 N–H and O–H groups in total. The van der Waals surface area contributed by atoms with Crippen LogP contribution in [0.5, 0.6) is 0 Å². The maximum absolute atomic E-state index is 2.70. The molecule has 0 saturated carbocycles. The Bertz CT molecular complexity index is 2930. The van der Waals surface area contributed by atoms with Crippen molar-refractivity contribution in [1.82, 2.24) is 0 Å². The summed E-state index contributed by atoms with van der Waals surface area (Å²) in [4.78, 5) is 2.70. The van der Waals surface area contributed by atoms with Gasteiger partial charge in [-0.1, -0.05) is 0 Å². The van der Waals surface area contributed by atoms with E-state index in [1.807, 2.05) is 0 Å². The van der Waals surface area contributed by atoms with Gasteiger partial charge in [0.25, 0.3) is 0 Å². The summed E-state index contributed by atoms with van der Waals surface area (Å²) >= 11 is 0.126. The zero-order chi connectivity index (χ0) is 43.8. The molecule has 63 heavy (non-hydrogen) atoms. The van der Waals surface area contributed by atoms with Gasteiger partial charge in [0.05, 0.1) is 0 Å². The van der Waals surface area contributed by atoms with E-state index in [4.69, 9.17) is 0 Å². The summed E-state index contributed by atoms with van der Waals surface area (Å²) in [6.07, 6.45) is 0. The molecule has 8 aromatic carbocycles. The predicted molar refractivity (Wildman–Crippen MR) is 275 cm³/mol. The van der Waals surface area contributed by atoms with Crippen LogP contribution in [0.25, 0.3) is 44.5 Å². The van der Waals surface area contributed by atoms with Gasteiger partial charge in [0, 0.05) is 0 Å². The van der Waals surface area contributed by atoms with Crippen LogP contribution in [-0.4, -0.2) is 21.7 Å². The molecule has 0 atom stereocenters. The van der Waals surface area contributed by atoms with Gasteiger partial charge in [-0.25, -0.2) is 0 Å². The van der Waals surface area contributed by atoms with E-state index in [2.05, 4.69) is 243 Å². The number of fused-ring (bicyclic) bond motifs is 4. The maximum atomic E-state index is 2.70. The summed E-state index contributed by atoms with van der Waals surface area (Å²) in [6.45, 7) is 21.4. The standard InChI is InChI=1S/C60H56BNSe/c1-58(2,3)41-31-33-52-50(35-41)61-51-36-42(59(4,5)6)32-34-54(51)63-55-38-43(60(7,8)9)37-53(56(55)61)62(52)57-48(46-27-18-16-25-44(46)39-21-12-10-13-22-39)29-20-30-49(57)47-28-19-17-26-45(47)40-23-14-11-15-24-40/h10-38H,1-9H3. The first kappa shape index (κ1) is 41.2. The SMILES string of the molecule is CC(C)(C)c1ccc2c(c1)B1c3cc(C(C)(C)C)ccc3N(c3c(-c4ccccc4-c4ccccc4)cccc3-c3ccccc3-c3ccccc3)c3cc(C(C)(C)C)cc(c31)[Se]2. The van der Waals surface area contributed by atoms with Crippen molar-refractivity contribution in [1.29, 1.82) is 0 Å². The van der Waals surface area contributed by atoms with Crippen LogP contribution in [0.1, 0.15) is 79.0 Å². The van der Waals surface area contributed by atoms with Crippen molar-refractivity contribution in [3.63, 3.8) is 0 Å². The van der Waals surface area contributed by atoms with Gasteiger partial charge in [-0.3, -0.25) is 0 Å². The molecule has 0 bridgehead atoms. The Balaban J connectivity index is 1.36. The van der Waals surface area contributed by atoms with Gasteiger partial charge in [0.2, 0.25) is 0 Å². The van der Waals surface area contributed by atoms with Crippen molar-refractivity contribution in [2.75, 3.05) is 4.90 Å². The zero-order valence-electron chi connectivity index (χ0n) is 38.2. The number of nitrogens with zero attached hydrogens (tertiary/aromatic N) is 1. The van der Waals surface area contributed by atoms with Gasteiger partial charge in [-0.15, -0.1) is 0 Å². The first-order valence-corrected chi connectivity index (χ1v) is 24.3. The molecule has 10 rings (SSSR count). The molecule has 0 spiro atoms. The first-order valence-electron chi connectivity index (χ1n) is 22.5. The van der Waals surface area contributed by atoms with Crippen LogP contribution in [0.15, 0.2) is 176 Å². The van der Waals surface area contributed by atoms with E-state index in [1.54, 1.807) is 0 Å². The van der Waals surface area contributed by atoms with E-state index in [0.29, 0.717) is 0 Å². The molecule has 0 fully saturated rings. The van der Waals surface area contributed by atoms with Gasteiger partial charge in [0.15, 0.2) is 0 Å². The second kappa shape index (κ2) is 15.4. The van der Waals surface area contributed by atoms with E-state index in [9.17, 15) is 0 Å². The average molecular weight is 881 g/mol. The van der Waals surface area contributed by atoms with Crippen molar-refractivity contribution in [3.8, 4) is 44.5 Å². The molecule has 3 heteroatoms. The fourth-order valence-electron chi connectivity index (χ4n) is 9.76. The van der Waals surface area contributed by atoms with E-state index in [0.717, 1.165) is 0 Å². The minimum absolute atomic E-state index is 0.0277. The molecule has 0 amide bonds. The van der Waals surface area contributed by atoms with Crippen molar-refractivity contribution < 1.29 is 0 Å². The first-order chi connectivity index (χ1) is 30.2. The van der Waals surface area contributed by atoms with Crippen LogP contribution in [-0.2, 0) is 16.2 Å². The fourth-order valence-corrected chi connectivity index (χ4v) is 12.2. The summed E-state index contributed by atoms with van der Waals surface area (Å²) in [5.41, 5.74) is 21.9. The van der Waals surface area contributed by atoms with Gasteiger partial charge in [0.1, 0.15) is 0 Å². The molecule has 2 aliphatic heterocycles. The Morgan fingerprint density at radius 2 is 0.825 bits per heavy atom. The quantitative estimate of drug-likeness (QED) is 0.156. The van der Waals surface area contributed by atoms with Crippen molar-refractivity contribution >= 4 is 64.0 Å². The zero-order valence-corrected chi connectivity index (χ0v) is 39.9. The van der Waals surface area contributed by atoms with E-state index >= 15 is 0 Å². The third-order valence-corrected chi connectivity index (χ3v) is 15.6. The Morgan fingerprint density at radius 1 is 0.365 bits per heavy atom. The van der Waals surface area contributed by atoms with E-state index < -0.39 is 0 Å². The molecule has 0 radical (unpaired) electrons. The van der Waals surface area contributed by atoms with Crippen molar-refractivity contribution in [2.45, 2.75) is 78.6 Å². The average Bonchev–Trinajstić information content (AvgIpc) is 3.28. The van der Waals surface area contributed by atoms with Crippen LogP contribution in [0.2, 0.25) is 0 Å². The second-order valence-electron chi connectivity index (χ2n) is 20.6. The third-order valence-electron chi connectivity index (χ3n) is 13.2.